The molecule has 1 heterocycles. The van der Waals surface area contributed by atoms with Crippen LogP contribution in [0.3, 0.4) is 0 Å². The molecule has 0 bridgehead atoms. The Morgan fingerprint density at radius 2 is 2.08 bits per heavy atom. The number of nitrogens with zero attached hydrogens (tertiary/aromatic N) is 2. The highest BCUT2D eigenvalue weighted by molar-refractivity contribution is 5.59. The predicted octanol–water partition coefficient (Wildman–Crippen LogP) is 5.73. The van der Waals surface area contributed by atoms with Crippen molar-refractivity contribution in [3.05, 3.63) is 41.6 Å². The summed E-state index contributed by atoms with van der Waals surface area (Å²) in [7, 11) is 0. The van der Waals surface area contributed by atoms with Crippen LogP contribution in [0.15, 0.2) is 30.5 Å². The van der Waals surface area contributed by atoms with Crippen LogP contribution in [-0.2, 0) is 4.74 Å². The molecule has 0 amide bonds. The van der Waals surface area contributed by atoms with Crippen LogP contribution < -0.4 is 4.90 Å². The molecule has 1 unspecified atom stereocenters. The zero-order chi connectivity index (χ0) is 18.6. The van der Waals surface area contributed by atoms with Crippen LogP contribution >= 0.6 is 0 Å². The van der Waals surface area contributed by atoms with Crippen LogP contribution in [0.4, 0.5) is 5.69 Å². The lowest BCUT2D eigenvalue weighted by Crippen LogP contribution is -2.44. The first-order chi connectivity index (χ1) is 12.5. The summed E-state index contributed by atoms with van der Waals surface area (Å²) in [5, 5.41) is 9.32. The van der Waals surface area contributed by atoms with E-state index in [0.29, 0.717) is 0 Å². The van der Waals surface area contributed by atoms with E-state index in [1.54, 1.807) is 0 Å². The number of hydrogen-bond donors (Lipinski definition) is 0. The Hall–Kier alpha value is -1.79. The van der Waals surface area contributed by atoms with Gasteiger partial charge in [0.05, 0.1) is 17.2 Å². The van der Waals surface area contributed by atoms with Crippen LogP contribution in [0.1, 0.15) is 69.9 Å². The van der Waals surface area contributed by atoms with Crippen molar-refractivity contribution < 1.29 is 4.74 Å². The molecule has 26 heavy (non-hydrogen) atoms. The second-order valence-electron chi connectivity index (χ2n) is 8.51. The van der Waals surface area contributed by atoms with Gasteiger partial charge in [0.25, 0.3) is 0 Å². The first-order valence-corrected chi connectivity index (χ1v) is 10.1. The smallest absolute Gasteiger partial charge is 0.0992 e. The first-order valence-electron chi connectivity index (χ1n) is 10.1. The second kappa shape index (κ2) is 7.84. The van der Waals surface area contributed by atoms with E-state index in [9.17, 15) is 5.26 Å². The first kappa shape index (κ1) is 19.0. The number of hydrogen-bond acceptors (Lipinski definition) is 3. The minimum atomic E-state index is 0.122. The Morgan fingerprint density at radius 1 is 1.27 bits per heavy atom. The summed E-state index contributed by atoms with van der Waals surface area (Å²) >= 11 is 0. The molecule has 2 fully saturated rings. The third-order valence-electron chi connectivity index (χ3n) is 6.07. The molecule has 2 aliphatic rings. The predicted molar refractivity (Wildman–Crippen MR) is 107 cm³/mol. The van der Waals surface area contributed by atoms with Crippen molar-refractivity contribution in [3.63, 3.8) is 0 Å². The molecule has 1 saturated heterocycles. The molecule has 0 radical (unpaired) electrons. The highest BCUT2D eigenvalue weighted by Crippen LogP contribution is 2.48. The van der Waals surface area contributed by atoms with Crippen molar-refractivity contribution >= 4 is 5.69 Å². The molecule has 1 aliphatic heterocycles. The van der Waals surface area contributed by atoms with Gasteiger partial charge in [0, 0.05) is 25.0 Å². The number of anilines is 1. The summed E-state index contributed by atoms with van der Waals surface area (Å²) in [5.74, 6) is 0. The van der Waals surface area contributed by atoms with Crippen molar-refractivity contribution in [1.82, 2.24) is 0 Å². The molecular weight excluding hydrogens is 320 g/mol. The Kier molecular flexibility index (Phi) is 5.73. The molecule has 1 saturated carbocycles. The van der Waals surface area contributed by atoms with E-state index in [1.807, 2.05) is 12.1 Å². The van der Waals surface area contributed by atoms with E-state index in [0.717, 1.165) is 37.2 Å². The number of allylic oxidation sites excluding steroid dienone is 1. The summed E-state index contributed by atoms with van der Waals surface area (Å²) in [6.45, 7) is 8.63. The molecule has 1 aromatic carbocycles. The molecule has 3 heteroatoms. The van der Waals surface area contributed by atoms with Crippen molar-refractivity contribution in [2.24, 2.45) is 5.41 Å². The topological polar surface area (TPSA) is 36.3 Å². The zero-order valence-electron chi connectivity index (χ0n) is 16.6. The van der Waals surface area contributed by atoms with Gasteiger partial charge in [-0.2, -0.15) is 5.26 Å². The Balaban J connectivity index is 1.87. The second-order valence-corrected chi connectivity index (χ2v) is 8.51. The fourth-order valence-corrected chi connectivity index (χ4v) is 4.87. The third-order valence-corrected chi connectivity index (χ3v) is 6.07. The highest BCUT2D eigenvalue weighted by atomic mass is 16.5. The van der Waals surface area contributed by atoms with Crippen molar-refractivity contribution in [1.29, 1.82) is 5.26 Å². The van der Waals surface area contributed by atoms with Gasteiger partial charge < -0.3 is 9.64 Å². The number of aryl methyl sites for hydroxylation is 1. The van der Waals surface area contributed by atoms with Crippen LogP contribution in [0.25, 0.3) is 0 Å². The van der Waals surface area contributed by atoms with E-state index in [-0.39, 0.29) is 11.0 Å². The molecule has 2 atom stereocenters. The maximum absolute atomic E-state index is 9.32. The van der Waals surface area contributed by atoms with Gasteiger partial charge in [-0.3, -0.25) is 0 Å². The van der Waals surface area contributed by atoms with Gasteiger partial charge in [-0.25, -0.2) is 0 Å². The summed E-state index contributed by atoms with van der Waals surface area (Å²) < 4.78 is 6.23. The fourth-order valence-electron chi connectivity index (χ4n) is 4.87. The monoisotopic (exact) mass is 352 g/mol. The minimum Gasteiger partial charge on any atom is -0.375 e. The Labute approximate surface area is 158 Å². The van der Waals surface area contributed by atoms with Gasteiger partial charge in [0.1, 0.15) is 0 Å². The number of ether oxygens (including phenoxy) is 1. The third kappa shape index (κ3) is 4.13. The van der Waals surface area contributed by atoms with Gasteiger partial charge >= 0.3 is 0 Å². The Bertz CT molecular complexity index is 697. The average molecular weight is 353 g/mol. The molecule has 3 nitrogen and oxygen atoms in total. The van der Waals surface area contributed by atoms with E-state index in [2.05, 4.69) is 50.1 Å². The van der Waals surface area contributed by atoms with Crippen LogP contribution in [-0.4, -0.2) is 18.8 Å². The molecule has 1 spiro atoms. The van der Waals surface area contributed by atoms with Crippen LogP contribution in [0.2, 0.25) is 0 Å². The van der Waals surface area contributed by atoms with Gasteiger partial charge in [-0.15, -0.1) is 0 Å². The standard InChI is InChI=1S/C23H32N2O/c1-4-5-13-25(21-15-20(16-24)9-8-19(21)2)18-22(3)10-6-11-23(17-22)12-7-14-26-23/h5,8-9,13,15H,4,6-7,10-12,14,17-18H2,1-3H3/b13-5-/t22-,23?/m0/s1. The van der Waals surface area contributed by atoms with E-state index >= 15 is 0 Å². The summed E-state index contributed by atoms with van der Waals surface area (Å²) in [6, 6.07) is 8.29. The SMILES string of the molecule is CC/C=C\N(C[C@@]1(C)CCCC2(CCCO2)C1)c1cc(C#N)ccc1C. The lowest BCUT2D eigenvalue weighted by atomic mass is 9.67. The normalized spacial score (nSPS) is 28.5. The van der Waals surface area contributed by atoms with E-state index in [1.165, 1.54) is 37.7 Å². The summed E-state index contributed by atoms with van der Waals surface area (Å²) in [6.07, 6.45) is 12.7. The van der Waals surface area contributed by atoms with Crippen molar-refractivity contribution in [3.8, 4) is 6.07 Å². The van der Waals surface area contributed by atoms with Crippen molar-refractivity contribution in [2.45, 2.75) is 71.3 Å². The van der Waals surface area contributed by atoms with E-state index in [4.69, 9.17) is 4.74 Å². The molecule has 3 rings (SSSR count). The maximum Gasteiger partial charge on any atom is 0.0992 e. The van der Waals surface area contributed by atoms with Crippen LogP contribution in [0.5, 0.6) is 0 Å². The maximum atomic E-state index is 9.32. The summed E-state index contributed by atoms with van der Waals surface area (Å²) in [4.78, 5) is 2.37. The quantitative estimate of drug-likeness (QED) is 0.679. The number of nitriles is 1. The molecular formula is C23H32N2O. The molecule has 1 aromatic rings. The molecule has 0 aromatic heterocycles. The van der Waals surface area contributed by atoms with Crippen LogP contribution in [0, 0.1) is 23.7 Å². The molecule has 1 aliphatic carbocycles. The lowest BCUT2D eigenvalue weighted by Gasteiger charge is -2.46. The molecule has 0 N–H and O–H groups in total. The van der Waals surface area contributed by atoms with E-state index < -0.39 is 0 Å². The van der Waals surface area contributed by atoms with Gasteiger partial charge in [0.2, 0.25) is 0 Å². The lowest BCUT2D eigenvalue weighted by molar-refractivity contribution is -0.0610. The van der Waals surface area contributed by atoms with Gasteiger partial charge in [0.15, 0.2) is 0 Å². The van der Waals surface area contributed by atoms with Gasteiger partial charge in [-0.05, 0) is 75.0 Å². The molecule has 140 valence electrons. The number of rotatable bonds is 5. The van der Waals surface area contributed by atoms with Crippen molar-refractivity contribution in [2.75, 3.05) is 18.1 Å². The highest BCUT2D eigenvalue weighted by Gasteiger charge is 2.45. The zero-order valence-corrected chi connectivity index (χ0v) is 16.6. The van der Waals surface area contributed by atoms with Gasteiger partial charge in [-0.1, -0.05) is 26.0 Å². The summed E-state index contributed by atoms with van der Waals surface area (Å²) in [5.41, 5.74) is 3.45. The average Bonchev–Trinajstić information content (AvgIpc) is 3.06. The number of benzene rings is 1. The fraction of sp³-hybridized carbons (Fsp3) is 0.609. The minimum absolute atomic E-state index is 0.122. The largest absolute Gasteiger partial charge is 0.375 e. The Morgan fingerprint density at radius 3 is 2.77 bits per heavy atom.